The number of aromatic hydroxyl groups is 2. The van der Waals surface area contributed by atoms with Gasteiger partial charge in [0.15, 0.2) is 0 Å². The van der Waals surface area contributed by atoms with E-state index in [0.717, 1.165) is 82.0 Å². The van der Waals surface area contributed by atoms with E-state index in [2.05, 4.69) is 138 Å². The number of para-hydroxylation sites is 3. The molecule has 0 unspecified atom stereocenters. The molecule has 0 radical (unpaired) electrons. The number of fused-ring (bicyclic) bond motifs is 3. The van der Waals surface area contributed by atoms with Gasteiger partial charge in [0.1, 0.15) is 11.5 Å². The molecule has 0 spiro atoms. The average molecular weight is 689 g/mol. The lowest BCUT2D eigenvalue weighted by molar-refractivity contribution is 0.202. The van der Waals surface area contributed by atoms with Crippen molar-refractivity contribution in [3.63, 3.8) is 0 Å². The van der Waals surface area contributed by atoms with Gasteiger partial charge >= 0.3 is 0 Å². The summed E-state index contributed by atoms with van der Waals surface area (Å²) in [5.41, 5.74) is 10.9. The first-order valence-corrected chi connectivity index (χ1v) is 18.3. The van der Waals surface area contributed by atoms with Gasteiger partial charge in [-0.15, -0.1) is 0 Å². The SMILES string of the molecule is CCN(CCN(CC)Cc1cc(C)cc(-n2c3ccccc3c3ccccc32)c1O)Cc1cc(C)cc(Nc2ccccc2-c2ccccc2)c1O. The molecule has 264 valence electrons. The van der Waals surface area contributed by atoms with E-state index in [1.165, 1.54) is 10.8 Å². The number of aryl methyl sites for hydroxylation is 2. The zero-order valence-corrected chi connectivity index (χ0v) is 30.6. The van der Waals surface area contributed by atoms with E-state index in [1.807, 2.05) is 36.4 Å². The molecule has 3 N–H and O–H groups in total. The van der Waals surface area contributed by atoms with Gasteiger partial charge in [-0.1, -0.05) is 111 Å². The van der Waals surface area contributed by atoms with E-state index >= 15 is 0 Å². The van der Waals surface area contributed by atoms with Crippen LogP contribution in [-0.4, -0.2) is 50.8 Å². The molecular formula is C46H48N4O2. The largest absolute Gasteiger partial charge is 0.505 e. The lowest BCUT2D eigenvalue weighted by Crippen LogP contribution is -2.34. The smallest absolute Gasteiger partial charge is 0.144 e. The zero-order chi connectivity index (χ0) is 36.2. The quantitative estimate of drug-likeness (QED) is 0.105. The minimum absolute atomic E-state index is 0.279. The summed E-state index contributed by atoms with van der Waals surface area (Å²) >= 11 is 0. The fourth-order valence-corrected chi connectivity index (χ4v) is 7.45. The maximum absolute atomic E-state index is 11.8. The maximum atomic E-state index is 11.8. The average Bonchev–Trinajstić information content (AvgIpc) is 3.50. The first-order valence-electron chi connectivity index (χ1n) is 18.3. The molecule has 0 aliphatic carbocycles. The Morgan fingerprint density at radius 3 is 1.69 bits per heavy atom. The number of nitrogens with one attached hydrogen (secondary N) is 1. The highest BCUT2D eigenvalue weighted by Gasteiger charge is 2.19. The topological polar surface area (TPSA) is 63.9 Å². The van der Waals surface area contributed by atoms with Gasteiger partial charge in [-0.2, -0.15) is 0 Å². The van der Waals surface area contributed by atoms with Crippen molar-refractivity contribution in [1.82, 2.24) is 14.4 Å². The number of likely N-dealkylation sites (N-methyl/N-ethyl adjacent to an activating group) is 2. The molecule has 0 fully saturated rings. The predicted octanol–water partition coefficient (Wildman–Crippen LogP) is 10.6. The molecule has 0 saturated carbocycles. The summed E-state index contributed by atoms with van der Waals surface area (Å²) in [4.78, 5) is 4.76. The number of phenolic OH excluding ortho intramolecular Hbond substituents is 2. The number of aromatic nitrogens is 1. The van der Waals surface area contributed by atoms with E-state index in [-0.39, 0.29) is 5.75 Å². The van der Waals surface area contributed by atoms with Gasteiger partial charge in [-0.25, -0.2) is 0 Å². The molecule has 0 saturated heterocycles. The molecular weight excluding hydrogens is 641 g/mol. The summed E-state index contributed by atoms with van der Waals surface area (Å²) in [6, 6.07) is 43.6. The summed E-state index contributed by atoms with van der Waals surface area (Å²) in [5, 5.41) is 29.3. The third kappa shape index (κ3) is 7.13. The zero-order valence-electron chi connectivity index (χ0n) is 30.6. The highest BCUT2D eigenvalue weighted by molar-refractivity contribution is 6.09. The van der Waals surface area contributed by atoms with E-state index in [9.17, 15) is 10.2 Å². The Hall–Kier alpha value is -5.56. The Morgan fingerprint density at radius 2 is 1.08 bits per heavy atom. The Bertz CT molecular complexity index is 2270. The van der Waals surface area contributed by atoms with Crippen LogP contribution in [0.3, 0.4) is 0 Å². The molecule has 0 bridgehead atoms. The number of anilines is 2. The van der Waals surface area contributed by atoms with Crippen LogP contribution in [-0.2, 0) is 13.1 Å². The van der Waals surface area contributed by atoms with Crippen LogP contribution < -0.4 is 5.32 Å². The number of benzene rings is 6. The molecule has 6 nitrogen and oxygen atoms in total. The van der Waals surface area contributed by atoms with Crippen molar-refractivity contribution in [3.8, 4) is 28.3 Å². The molecule has 0 amide bonds. The van der Waals surface area contributed by atoms with E-state index < -0.39 is 0 Å². The number of hydrogen-bond acceptors (Lipinski definition) is 5. The second-order valence-corrected chi connectivity index (χ2v) is 13.8. The highest BCUT2D eigenvalue weighted by Crippen LogP contribution is 2.38. The Kier molecular flexibility index (Phi) is 10.3. The summed E-state index contributed by atoms with van der Waals surface area (Å²) < 4.78 is 2.20. The van der Waals surface area contributed by atoms with E-state index in [4.69, 9.17) is 0 Å². The minimum Gasteiger partial charge on any atom is -0.505 e. The summed E-state index contributed by atoms with van der Waals surface area (Å²) in [5.74, 6) is 0.600. The van der Waals surface area contributed by atoms with Crippen LogP contribution in [0.25, 0.3) is 38.6 Å². The monoisotopic (exact) mass is 688 g/mol. The molecule has 6 heteroatoms. The maximum Gasteiger partial charge on any atom is 0.144 e. The molecule has 6 aromatic carbocycles. The van der Waals surface area contributed by atoms with Crippen LogP contribution in [0.1, 0.15) is 36.1 Å². The van der Waals surface area contributed by atoms with Crippen LogP contribution in [0.5, 0.6) is 11.5 Å². The number of rotatable bonds is 13. The van der Waals surface area contributed by atoms with Gasteiger partial charge in [-0.3, -0.25) is 9.80 Å². The Labute approximate surface area is 307 Å². The van der Waals surface area contributed by atoms with Crippen molar-refractivity contribution in [2.75, 3.05) is 31.5 Å². The van der Waals surface area contributed by atoms with Crippen molar-refractivity contribution in [1.29, 1.82) is 0 Å². The first kappa shape index (κ1) is 34.9. The Balaban J connectivity index is 1.09. The van der Waals surface area contributed by atoms with Gasteiger partial charge in [0.2, 0.25) is 0 Å². The van der Waals surface area contributed by atoms with Crippen molar-refractivity contribution in [2.24, 2.45) is 0 Å². The number of phenols is 2. The first-order chi connectivity index (χ1) is 25.3. The summed E-state index contributed by atoms with van der Waals surface area (Å²) in [6.45, 7) is 13.1. The van der Waals surface area contributed by atoms with Crippen molar-refractivity contribution >= 4 is 33.2 Å². The standard InChI is InChI=1S/C46H48N4O2/c1-5-48(30-35-26-32(3)28-41(45(35)51)47-40-21-13-10-18-37(40)34-16-8-7-9-17-34)24-25-49(6-2)31-36-27-33(4)29-44(46(36)52)50-42-22-14-11-19-38(42)39-20-12-15-23-43(39)50/h7-23,26-29,47,51-52H,5-6,24-25,30-31H2,1-4H3. The normalized spacial score (nSPS) is 11.7. The van der Waals surface area contributed by atoms with Crippen LogP contribution in [0.4, 0.5) is 11.4 Å². The van der Waals surface area contributed by atoms with Gasteiger partial charge in [0.25, 0.3) is 0 Å². The second-order valence-electron chi connectivity index (χ2n) is 13.8. The highest BCUT2D eigenvalue weighted by atomic mass is 16.3. The van der Waals surface area contributed by atoms with Crippen molar-refractivity contribution < 1.29 is 10.2 Å². The molecule has 0 aliphatic rings. The van der Waals surface area contributed by atoms with Gasteiger partial charge in [0, 0.05) is 59.3 Å². The number of nitrogens with zero attached hydrogens (tertiary/aromatic N) is 3. The summed E-state index contributed by atoms with van der Waals surface area (Å²) in [6.07, 6.45) is 0. The molecule has 1 heterocycles. The molecule has 7 aromatic rings. The summed E-state index contributed by atoms with van der Waals surface area (Å²) in [7, 11) is 0. The van der Waals surface area contributed by atoms with Crippen LogP contribution in [0, 0.1) is 13.8 Å². The molecule has 7 rings (SSSR count). The Morgan fingerprint density at radius 1 is 0.558 bits per heavy atom. The molecule has 52 heavy (non-hydrogen) atoms. The lowest BCUT2D eigenvalue weighted by Gasteiger charge is -2.27. The van der Waals surface area contributed by atoms with Crippen molar-refractivity contribution in [2.45, 2.75) is 40.8 Å². The lowest BCUT2D eigenvalue weighted by atomic mass is 10.0. The van der Waals surface area contributed by atoms with E-state index in [0.29, 0.717) is 24.5 Å². The van der Waals surface area contributed by atoms with Gasteiger partial charge in [0.05, 0.1) is 22.4 Å². The minimum atomic E-state index is 0.279. The molecule has 0 aliphatic heterocycles. The van der Waals surface area contributed by atoms with Crippen LogP contribution in [0.15, 0.2) is 127 Å². The molecule has 1 aromatic heterocycles. The number of hydrogen-bond donors (Lipinski definition) is 3. The third-order valence-corrected chi connectivity index (χ3v) is 10.2. The molecule has 0 atom stereocenters. The van der Waals surface area contributed by atoms with E-state index in [1.54, 1.807) is 0 Å². The fraction of sp³-hybridized carbons (Fsp3) is 0.217. The fourth-order valence-electron chi connectivity index (χ4n) is 7.45. The second kappa shape index (κ2) is 15.4. The third-order valence-electron chi connectivity index (χ3n) is 10.2. The van der Waals surface area contributed by atoms with Crippen LogP contribution >= 0.6 is 0 Å². The van der Waals surface area contributed by atoms with Crippen LogP contribution in [0.2, 0.25) is 0 Å². The van der Waals surface area contributed by atoms with Gasteiger partial charge in [-0.05, 0) is 74.0 Å². The predicted molar refractivity (Wildman–Crippen MR) is 217 cm³/mol. The van der Waals surface area contributed by atoms with Gasteiger partial charge < -0.3 is 20.1 Å². The van der Waals surface area contributed by atoms with Crippen molar-refractivity contribution in [3.05, 3.63) is 150 Å².